The summed E-state index contributed by atoms with van der Waals surface area (Å²) < 4.78 is 47.9. The molecule has 0 aromatic carbocycles. The Morgan fingerprint density at radius 1 is 1.21 bits per heavy atom. The molecule has 0 saturated heterocycles. The number of aromatic nitrogens is 4. The predicted molar refractivity (Wildman–Crippen MR) is 96.5 cm³/mol. The number of ether oxygens (including phenoxy) is 1. The first kappa shape index (κ1) is 23.8. The third-order valence-corrected chi connectivity index (χ3v) is 7.08. The second kappa shape index (κ2) is 8.00. The molecule has 0 aliphatic rings. The van der Waals surface area contributed by atoms with Crippen LogP contribution in [0.4, 0.5) is 5.95 Å². The molecule has 2 aromatic rings. The molecule has 0 saturated carbocycles. The summed E-state index contributed by atoms with van der Waals surface area (Å²) in [6, 6.07) is 0. The Hall–Kier alpha value is -1.44. The van der Waals surface area contributed by atoms with Crippen LogP contribution in [-0.2, 0) is 33.6 Å². The molecule has 0 amide bonds. The SMILES string of the molecule is CC(C)(Cn1cnc2c(=O)[nH]c(N)nc21)OCP(=O)(O)OP(=O)(O)OP(=O)(O)O. The third kappa shape index (κ3) is 7.08. The number of H-pyrrole nitrogens is 1. The van der Waals surface area contributed by atoms with E-state index in [2.05, 4.69) is 23.6 Å². The largest absolute Gasteiger partial charge is 0.488 e. The first-order chi connectivity index (χ1) is 13.0. The van der Waals surface area contributed by atoms with Crippen LogP contribution in [0, 0.1) is 0 Å². The maximum absolute atomic E-state index is 11.9. The minimum absolute atomic E-state index is 0.00182. The number of fused-ring (bicyclic) bond motifs is 1. The van der Waals surface area contributed by atoms with E-state index >= 15 is 0 Å². The number of nitrogens with zero attached hydrogens (tertiary/aromatic N) is 3. The van der Waals surface area contributed by atoms with Crippen molar-refractivity contribution in [2.75, 3.05) is 12.1 Å². The van der Waals surface area contributed by atoms with Crippen LogP contribution in [0.1, 0.15) is 13.8 Å². The maximum Gasteiger partial charge on any atom is 0.488 e. The van der Waals surface area contributed by atoms with Gasteiger partial charge in [0.1, 0.15) is 6.35 Å². The fourth-order valence-electron chi connectivity index (χ4n) is 2.13. The number of nitrogens with one attached hydrogen (secondary N) is 1. The normalized spacial score (nSPS) is 17.2. The Balaban J connectivity index is 2.10. The highest BCUT2D eigenvalue weighted by Crippen LogP contribution is 2.66. The minimum Gasteiger partial charge on any atom is -0.369 e. The van der Waals surface area contributed by atoms with Crippen molar-refractivity contribution in [1.29, 1.82) is 0 Å². The lowest BCUT2D eigenvalue weighted by atomic mass is 10.1. The van der Waals surface area contributed by atoms with Crippen LogP contribution in [0.15, 0.2) is 11.1 Å². The first-order valence-electron chi connectivity index (χ1n) is 7.46. The van der Waals surface area contributed by atoms with Crippen molar-refractivity contribution in [3.05, 3.63) is 16.7 Å². The lowest BCUT2D eigenvalue weighted by Gasteiger charge is -2.27. The number of hydrogen-bond acceptors (Lipinski definition) is 10. The molecule has 2 heterocycles. The van der Waals surface area contributed by atoms with E-state index in [1.165, 1.54) is 24.7 Å². The van der Waals surface area contributed by atoms with Crippen LogP contribution in [0.2, 0.25) is 0 Å². The number of rotatable bonds is 9. The smallest absolute Gasteiger partial charge is 0.369 e. The topological polar surface area (TPSA) is 249 Å². The Labute approximate surface area is 162 Å². The highest BCUT2D eigenvalue weighted by molar-refractivity contribution is 7.68. The van der Waals surface area contributed by atoms with Gasteiger partial charge in [-0.15, -0.1) is 0 Å². The molecular weight excluding hydrogens is 459 g/mol. The Bertz CT molecular complexity index is 1100. The van der Waals surface area contributed by atoms with Gasteiger partial charge in [0, 0.05) is 0 Å². The summed E-state index contributed by atoms with van der Waals surface area (Å²) >= 11 is 0. The molecule has 16 nitrogen and oxygen atoms in total. The number of phosphoric acid groups is 2. The fraction of sp³-hybridized carbons (Fsp3) is 0.500. The van der Waals surface area contributed by atoms with Crippen LogP contribution >= 0.6 is 23.2 Å². The molecule has 0 aliphatic heterocycles. The lowest BCUT2D eigenvalue weighted by Crippen LogP contribution is -2.31. The molecule has 19 heteroatoms. The monoisotopic (exact) mass is 477 g/mol. The highest BCUT2D eigenvalue weighted by atomic mass is 31.3. The Kier molecular flexibility index (Phi) is 6.58. The molecule has 29 heavy (non-hydrogen) atoms. The average Bonchev–Trinajstić information content (AvgIpc) is 2.84. The van der Waals surface area contributed by atoms with Crippen molar-refractivity contribution in [2.45, 2.75) is 26.0 Å². The standard InChI is InChI=1S/C10H18N5O11P3/c1-10(2,3-15-4-12-6-7(15)13-9(11)14-8(6)16)24-5-27(17,18)25-29(22,23)26-28(19,20)21/h4H,3,5H2,1-2H3,(H,17,18)(H,22,23)(H2,19,20,21)(H3,11,13,14,16). The van der Waals surface area contributed by atoms with Crippen molar-refractivity contribution < 1.29 is 46.6 Å². The molecule has 0 spiro atoms. The lowest BCUT2D eigenvalue weighted by molar-refractivity contribution is -0.0106. The van der Waals surface area contributed by atoms with Crippen molar-refractivity contribution in [1.82, 2.24) is 19.5 Å². The molecule has 164 valence electrons. The minimum atomic E-state index is -5.55. The van der Waals surface area contributed by atoms with Crippen molar-refractivity contribution >= 4 is 40.4 Å². The van der Waals surface area contributed by atoms with Crippen LogP contribution in [0.25, 0.3) is 11.2 Å². The van der Waals surface area contributed by atoms with Gasteiger partial charge in [0.15, 0.2) is 11.2 Å². The van der Waals surface area contributed by atoms with Crippen LogP contribution in [-0.4, -0.2) is 51.0 Å². The fourth-order valence-corrected chi connectivity index (χ4v) is 5.59. The highest BCUT2D eigenvalue weighted by Gasteiger charge is 2.40. The number of imidazole rings is 1. The van der Waals surface area contributed by atoms with Gasteiger partial charge in [-0.3, -0.25) is 14.3 Å². The molecule has 0 bridgehead atoms. The predicted octanol–water partition coefficient (Wildman–Crippen LogP) is -0.134. The second-order valence-corrected chi connectivity index (χ2v) is 11.0. The zero-order valence-electron chi connectivity index (χ0n) is 14.9. The Morgan fingerprint density at radius 2 is 1.83 bits per heavy atom. The van der Waals surface area contributed by atoms with Gasteiger partial charge in [0.2, 0.25) is 5.95 Å². The van der Waals surface area contributed by atoms with Gasteiger partial charge in [-0.25, -0.2) is 18.4 Å². The molecule has 0 radical (unpaired) electrons. The number of hydrogen-bond donors (Lipinski definition) is 6. The van der Waals surface area contributed by atoms with Crippen molar-refractivity contribution in [3.63, 3.8) is 0 Å². The summed E-state index contributed by atoms with van der Waals surface area (Å²) in [5.74, 6) is -0.153. The summed E-state index contributed by atoms with van der Waals surface area (Å²) in [4.78, 5) is 57.7. The van der Waals surface area contributed by atoms with E-state index in [-0.39, 0.29) is 23.7 Å². The van der Waals surface area contributed by atoms with E-state index in [9.17, 15) is 23.4 Å². The van der Waals surface area contributed by atoms with Crippen molar-refractivity contribution in [3.8, 4) is 0 Å². The van der Waals surface area contributed by atoms with Crippen LogP contribution < -0.4 is 11.3 Å². The van der Waals surface area contributed by atoms with Gasteiger partial charge < -0.3 is 34.6 Å². The molecule has 2 unspecified atom stereocenters. The third-order valence-electron chi connectivity index (χ3n) is 3.10. The van der Waals surface area contributed by atoms with E-state index in [0.717, 1.165) is 0 Å². The number of nitrogens with two attached hydrogens (primary N) is 1. The van der Waals surface area contributed by atoms with Gasteiger partial charge in [-0.2, -0.15) is 9.29 Å². The summed E-state index contributed by atoms with van der Waals surface area (Å²) in [7, 11) is -16.0. The zero-order valence-corrected chi connectivity index (χ0v) is 17.6. The molecular formula is C10H18N5O11P3. The quantitative estimate of drug-likeness (QED) is 0.257. The van der Waals surface area contributed by atoms with E-state index in [4.69, 9.17) is 25.2 Å². The summed E-state index contributed by atoms with van der Waals surface area (Å²) in [5, 5.41) is 0. The second-order valence-electron chi connectivity index (χ2n) is 6.29. The molecule has 2 aromatic heterocycles. The maximum atomic E-state index is 11.9. The van der Waals surface area contributed by atoms with Gasteiger partial charge in [-0.1, -0.05) is 0 Å². The number of anilines is 1. The van der Waals surface area contributed by atoms with Gasteiger partial charge in [0.25, 0.3) is 5.56 Å². The van der Waals surface area contributed by atoms with Gasteiger partial charge in [-0.05, 0) is 13.8 Å². The van der Waals surface area contributed by atoms with Gasteiger partial charge in [0.05, 0.1) is 18.5 Å². The first-order valence-corrected chi connectivity index (χ1v) is 12.2. The van der Waals surface area contributed by atoms with E-state index in [1.54, 1.807) is 0 Å². The summed E-state index contributed by atoms with van der Waals surface area (Å²) in [6.45, 7) is 2.90. The molecule has 0 fully saturated rings. The number of nitrogen functional groups attached to an aromatic ring is 1. The summed E-state index contributed by atoms with van der Waals surface area (Å²) in [6.07, 6.45) is 0.139. The Morgan fingerprint density at radius 3 is 2.41 bits per heavy atom. The van der Waals surface area contributed by atoms with Crippen LogP contribution in [0.3, 0.4) is 0 Å². The van der Waals surface area contributed by atoms with Crippen LogP contribution in [0.5, 0.6) is 0 Å². The van der Waals surface area contributed by atoms with E-state index in [0.29, 0.717) is 0 Å². The van der Waals surface area contributed by atoms with E-state index < -0.39 is 40.7 Å². The molecule has 7 N–H and O–H groups in total. The number of aromatic amines is 1. The van der Waals surface area contributed by atoms with E-state index in [1.807, 2.05) is 0 Å². The average molecular weight is 477 g/mol. The van der Waals surface area contributed by atoms with Crippen molar-refractivity contribution in [2.24, 2.45) is 0 Å². The van der Waals surface area contributed by atoms with Gasteiger partial charge >= 0.3 is 23.2 Å². The molecule has 2 atom stereocenters. The summed E-state index contributed by atoms with van der Waals surface area (Å²) in [5.41, 5.74) is 3.83. The molecule has 0 aliphatic carbocycles. The zero-order chi connectivity index (χ0) is 22.3. The molecule has 2 rings (SSSR count).